The summed E-state index contributed by atoms with van der Waals surface area (Å²) >= 11 is 0.142. The number of Topliss-reactive ketones (excluding diaryl/α,β-unsaturated/α-hetero) is 1. The van der Waals surface area contributed by atoms with Crippen LogP contribution in [0.25, 0.3) is 0 Å². The van der Waals surface area contributed by atoms with E-state index in [1.54, 1.807) is 12.1 Å². The molecule has 1 aromatic rings. The van der Waals surface area contributed by atoms with Crippen molar-refractivity contribution < 1.29 is 13.4 Å². The molecule has 0 aromatic heterocycles. The zero-order valence-electron chi connectivity index (χ0n) is 13.0. The minimum atomic E-state index is -1.56. The predicted octanol–water partition coefficient (Wildman–Crippen LogP) is 4.64. The van der Waals surface area contributed by atoms with Crippen LogP contribution in [0, 0.1) is 11.5 Å². The van der Waals surface area contributed by atoms with Crippen molar-refractivity contribution in [1.82, 2.24) is 0 Å². The fourth-order valence-electron chi connectivity index (χ4n) is 2.10. The number of halogens is 1. The van der Waals surface area contributed by atoms with Gasteiger partial charge < -0.3 is 4.74 Å². The molecule has 0 fully saturated rings. The molecular weight excluding hydrogens is 303 g/mol. The summed E-state index contributed by atoms with van der Waals surface area (Å²) in [6.07, 6.45) is 0.322. The Morgan fingerprint density at radius 2 is 2.00 bits per heavy atom. The summed E-state index contributed by atoms with van der Waals surface area (Å²) in [5.41, 5.74) is 3.74. The Labute approximate surface area is 130 Å². The fourth-order valence-corrected chi connectivity index (χ4v) is 2.95. The minimum Gasteiger partial charge on any atom is -0.487 e. The second-order valence-electron chi connectivity index (χ2n) is 6.88. The highest BCUT2D eigenvalue weighted by molar-refractivity contribution is 7.94. The summed E-state index contributed by atoms with van der Waals surface area (Å²) in [6, 6.07) is 3.26. The Morgan fingerprint density at radius 3 is 2.57 bits per heavy atom. The Balaban J connectivity index is 2.53. The quantitative estimate of drug-likeness (QED) is 0.557. The average molecular weight is 322 g/mol. The number of rotatable bonds is 1. The molecule has 2 rings (SSSR count). The highest BCUT2D eigenvalue weighted by Gasteiger charge is 2.33. The molecule has 2 nitrogen and oxygen atoms in total. The van der Waals surface area contributed by atoms with Gasteiger partial charge in [0.25, 0.3) is 0 Å². The first-order chi connectivity index (χ1) is 9.61. The van der Waals surface area contributed by atoms with Crippen LogP contribution in [-0.2, 0) is 0 Å². The van der Waals surface area contributed by atoms with Gasteiger partial charge in [-0.2, -0.15) is 3.89 Å². The van der Waals surface area contributed by atoms with Crippen molar-refractivity contribution in [3.05, 3.63) is 23.3 Å². The number of fused-ring (bicyclic) bond motifs is 1. The topological polar surface area (TPSA) is 26.3 Å². The van der Waals surface area contributed by atoms with E-state index >= 15 is 0 Å². The maximum absolute atomic E-state index is 13.2. The first kappa shape index (κ1) is 16.1. The maximum Gasteiger partial charge on any atom is 0.170 e. The van der Waals surface area contributed by atoms with Crippen LogP contribution >= 0.6 is 12.1 Å². The second kappa shape index (κ2) is 5.51. The van der Waals surface area contributed by atoms with Crippen LogP contribution in [0.3, 0.4) is 0 Å². The van der Waals surface area contributed by atoms with Crippen molar-refractivity contribution in [1.29, 1.82) is 0 Å². The molecule has 1 aliphatic heterocycles. The van der Waals surface area contributed by atoms with E-state index in [1.807, 2.05) is 13.8 Å². The summed E-state index contributed by atoms with van der Waals surface area (Å²) in [4.78, 5) is 12.6. The first-order valence-corrected chi connectivity index (χ1v) is 11.0. The molecule has 1 heterocycles. The lowest BCUT2D eigenvalue weighted by Gasteiger charge is -2.31. The van der Waals surface area contributed by atoms with E-state index < -0.39 is 13.7 Å². The highest BCUT2D eigenvalue weighted by atomic mass is 32.2. The van der Waals surface area contributed by atoms with E-state index in [-0.39, 0.29) is 17.9 Å². The van der Waals surface area contributed by atoms with E-state index in [0.717, 1.165) is 0 Å². The third-order valence-corrected chi connectivity index (χ3v) is 4.39. The lowest BCUT2D eigenvalue weighted by atomic mass is 9.92. The first-order valence-electron chi connectivity index (χ1n) is 6.83. The lowest BCUT2D eigenvalue weighted by molar-refractivity contribution is 0.0618. The number of ether oxygens (including phenoxy) is 1. The zero-order valence-corrected chi connectivity index (χ0v) is 14.8. The summed E-state index contributed by atoms with van der Waals surface area (Å²) in [7, 11) is -1.56. The number of carbonyl (C=O) groups is 1. The van der Waals surface area contributed by atoms with Gasteiger partial charge in [-0.3, -0.25) is 4.79 Å². The molecule has 0 saturated carbocycles. The van der Waals surface area contributed by atoms with Crippen LogP contribution in [0.5, 0.6) is 5.75 Å². The van der Waals surface area contributed by atoms with Crippen LogP contribution in [-0.4, -0.2) is 19.5 Å². The van der Waals surface area contributed by atoms with Gasteiger partial charge in [-0.05, 0) is 26.0 Å². The van der Waals surface area contributed by atoms with Gasteiger partial charge in [-0.25, -0.2) is 0 Å². The summed E-state index contributed by atoms with van der Waals surface area (Å²) in [6.45, 7) is 10.1. The fraction of sp³-hybridized carbons (Fsp3) is 0.438. The summed E-state index contributed by atoms with van der Waals surface area (Å²) < 4.78 is 19.0. The van der Waals surface area contributed by atoms with E-state index in [1.165, 1.54) is 0 Å². The smallest absolute Gasteiger partial charge is 0.170 e. The third kappa shape index (κ3) is 3.89. The van der Waals surface area contributed by atoms with Gasteiger partial charge in [0.1, 0.15) is 19.4 Å². The van der Waals surface area contributed by atoms with Crippen molar-refractivity contribution >= 4 is 26.0 Å². The van der Waals surface area contributed by atoms with Gasteiger partial charge in [0.2, 0.25) is 0 Å². The van der Waals surface area contributed by atoms with Gasteiger partial charge in [0.05, 0.1) is 29.0 Å². The Morgan fingerprint density at radius 1 is 1.33 bits per heavy atom. The average Bonchev–Trinajstić information content (AvgIpc) is 2.33. The Kier molecular flexibility index (Phi) is 4.23. The number of benzene rings is 1. The number of hydrogen-bond acceptors (Lipinski definition) is 3. The lowest BCUT2D eigenvalue weighted by Crippen LogP contribution is -2.35. The molecular formula is C16H19FO2SSi. The van der Waals surface area contributed by atoms with Crippen molar-refractivity contribution in [3.8, 4) is 17.2 Å². The largest absolute Gasteiger partial charge is 0.487 e. The van der Waals surface area contributed by atoms with Gasteiger partial charge >= 0.3 is 0 Å². The molecule has 112 valence electrons. The van der Waals surface area contributed by atoms with Gasteiger partial charge in [0, 0.05) is 5.56 Å². The standard InChI is InChI=1S/C16H19FO2SSi/c1-16(2)10-13(18)12-8-11(6-7-21(3,4)5)15(20-17)9-14(12)19-16/h8-9H,10H2,1-5H3. The van der Waals surface area contributed by atoms with Crippen LogP contribution in [0.1, 0.15) is 36.2 Å². The number of carbonyl (C=O) groups excluding carboxylic acids is 1. The highest BCUT2D eigenvalue weighted by Crippen LogP contribution is 2.37. The molecule has 5 heteroatoms. The molecule has 0 saturated heterocycles. The van der Waals surface area contributed by atoms with E-state index in [4.69, 9.17) is 4.74 Å². The zero-order chi connectivity index (χ0) is 15.8. The molecule has 0 radical (unpaired) electrons. The molecule has 0 unspecified atom stereocenters. The van der Waals surface area contributed by atoms with Crippen LogP contribution in [0.2, 0.25) is 19.6 Å². The maximum atomic E-state index is 13.2. The molecule has 0 amide bonds. The Hall–Kier alpha value is -1.25. The molecule has 0 bridgehead atoms. The molecule has 0 atom stereocenters. The van der Waals surface area contributed by atoms with Gasteiger partial charge in [-0.15, -0.1) is 5.54 Å². The Bertz CT molecular complexity index is 651. The minimum absolute atomic E-state index is 0.0210. The SMILES string of the molecule is CC1(C)CC(=O)c2cc(C#C[Si](C)(C)C)c(SF)cc2O1. The van der Waals surface area contributed by atoms with Crippen molar-refractivity contribution in [2.75, 3.05) is 0 Å². The summed E-state index contributed by atoms with van der Waals surface area (Å²) in [5.74, 6) is 3.51. The molecule has 21 heavy (non-hydrogen) atoms. The monoisotopic (exact) mass is 322 g/mol. The molecule has 0 aliphatic carbocycles. The molecule has 1 aromatic carbocycles. The van der Waals surface area contributed by atoms with Crippen molar-refractivity contribution in [3.63, 3.8) is 0 Å². The number of ketones is 1. The van der Waals surface area contributed by atoms with E-state index in [2.05, 4.69) is 31.1 Å². The van der Waals surface area contributed by atoms with Gasteiger partial charge in [0.15, 0.2) is 5.78 Å². The third-order valence-electron chi connectivity index (χ3n) is 3.01. The normalized spacial score (nSPS) is 16.6. The second-order valence-corrected chi connectivity index (χ2v) is 12.2. The number of hydrogen-bond donors (Lipinski definition) is 0. The van der Waals surface area contributed by atoms with Crippen molar-refractivity contribution in [2.24, 2.45) is 0 Å². The van der Waals surface area contributed by atoms with Crippen LogP contribution < -0.4 is 4.74 Å². The van der Waals surface area contributed by atoms with Crippen molar-refractivity contribution in [2.45, 2.75) is 50.4 Å². The van der Waals surface area contributed by atoms with Crippen LogP contribution in [0.15, 0.2) is 17.0 Å². The molecule has 0 N–H and O–H groups in total. The van der Waals surface area contributed by atoms with E-state index in [9.17, 15) is 8.68 Å². The van der Waals surface area contributed by atoms with E-state index in [0.29, 0.717) is 28.2 Å². The predicted molar refractivity (Wildman–Crippen MR) is 87.3 cm³/mol. The molecule has 1 aliphatic rings. The van der Waals surface area contributed by atoms with Gasteiger partial charge in [-0.1, -0.05) is 25.6 Å². The van der Waals surface area contributed by atoms with Crippen LogP contribution in [0.4, 0.5) is 3.89 Å². The molecule has 0 spiro atoms. The summed E-state index contributed by atoms with van der Waals surface area (Å²) in [5, 5.41) is 0.